The van der Waals surface area contributed by atoms with E-state index in [0.29, 0.717) is 23.1 Å². The maximum absolute atomic E-state index is 12.2. The molecule has 1 unspecified atom stereocenters. The Bertz CT molecular complexity index is 610. The van der Waals surface area contributed by atoms with Crippen molar-refractivity contribution in [2.24, 2.45) is 5.92 Å². The Kier molecular flexibility index (Phi) is 5.33. The van der Waals surface area contributed by atoms with Crippen LogP contribution in [0.3, 0.4) is 0 Å². The summed E-state index contributed by atoms with van der Waals surface area (Å²) < 4.78 is 0. The molecule has 6 heteroatoms. The predicted octanol–water partition coefficient (Wildman–Crippen LogP) is 1.82. The lowest BCUT2D eigenvalue weighted by atomic mass is 9.98. The van der Waals surface area contributed by atoms with E-state index in [9.17, 15) is 10.1 Å². The molecule has 0 aromatic heterocycles. The molecule has 2 rings (SSSR count). The van der Waals surface area contributed by atoms with Crippen LogP contribution < -0.4 is 10.2 Å². The summed E-state index contributed by atoms with van der Waals surface area (Å²) in [5.74, 6) is 0.172. The van der Waals surface area contributed by atoms with Crippen LogP contribution in [0.5, 0.6) is 0 Å². The van der Waals surface area contributed by atoms with Gasteiger partial charge in [0, 0.05) is 10.6 Å². The lowest BCUT2D eigenvalue weighted by molar-refractivity contribution is -0.885. The van der Waals surface area contributed by atoms with E-state index in [-0.39, 0.29) is 11.8 Å². The van der Waals surface area contributed by atoms with Crippen molar-refractivity contribution in [1.29, 1.82) is 5.26 Å². The van der Waals surface area contributed by atoms with Crippen LogP contribution in [0.1, 0.15) is 25.3 Å². The zero-order chi connectivity index (χ0) is 16.3. The summed E-state index contributed by atoms with van der Waals surface area (Å²) >= 11 is 12.0. The Hall–Kier alpha value is -1.28. The number of carbonyl (C=O) groups excluding carboxylic acids is 1. The van der Waals surface area contributed by atoms with Gasteiger partial charge in [0.25, 0.3) is 5.91 Å². The van der Waals surface area contributed by atoms with E-state index >= 15 is 0 Å². The zero-order valence-corrected chi connectivity index (χ0v) is 14.3. The second kappa shape index (κ2) is 6.87. The first-order valence-electron chi connectivity index (χ1n) is 7.31. The summed E-state index contributed by atoms with van der Waals surface area (Å²) in [5.41, 5.74) is 0.205. The Labute approximate surface area is 141 Å². The number of rotatable bonds is 6. The largest absolute Gasteiger partial charge is 0.333 e. The molecule has 1 aliphatic rings. The van der Waals surface area contributed by atoms with Gasteiger partial charge in [-0.1, -0.05) is 29.3 Å². The number of benzene rings is 1. The second-order valence-electron chi connectivity index (χ2n) is 6.18. The number of likely N-dealkylation sites (N-methyl/N-ethyl adjacent to an activating group) is 1. The van der Waals surface area contributed by atoms with Crippen LogP contribution in [0.4, 0.5) is 0 Å². The minimum Gasteiger partial charge on any atom is -0.333 e. The van der Waals surface area contributed by atoms with E-state index in [2.05, 4.69) is 11.4 Å². The normalized spacial score (nSPS) is 18.1. The Morgan fingerprint density at radius 2 is 2.18 bits per heavy atom. The number of nitrogens with zero attached hydrogens (tertiary/aromatic N) is 1. The molecule has 118 valence electrons. The highest BCUT2D eigenvalue weighted by Crippen LogP contribution is 2.39. The molecule has 1 saturated carbocycles. The molecule has 0 aliphatic heterocycles. The highest BCUT2D eigenvalue weighted by atomic mass is 35.5. The number of amides is 1. The number of halogens is 2. The summed E-state index contributed by atoms with van der Waals surface area (Å²) in [6.45, 7) is 2.72. The van der Waals surface area contributed by atoms with Gasteiger partial charge in [0.15, 0.2) is 6.54 Å². The fourth-order valence-electron chi connectivity index (χ4n) is 2.54. The number of quaternary nitrogens is 1. The number of nitrogens with one attached hydrogen (secondary N) is 2. The van der Waals surface area contributed by atoms with Gasteiger partial charge >= 0.3 is 0 Å². The van der Waals surface area contributed by atoms with Crippen molar-refractivity contribution in [3.63, 3.8) is 0 Å². The van der Waals surface area contributed by atoms with Crippen molar-refractivity contribution < 1.29 is 9.69 Å². The molecule has 0 radical (unpaired) electrons. The average Bonchev–Trinajstić information content (AvgIpc) is 3.26. The molecule has 1 fully saturated rings. The van der Waals surface area contributed by atoms with Gasteiger partial charge in [-0.15, -0.1) is 0 Å². The second-order valence-corrected chi connectivity index (χ2v) is 7.03. The third-order valence-corrected chi connectivity index (χ3v) is 4.58. The van der Waals surface area contributed by atoms with E-state index in [1.807, 2.05) is 13.1 Å². The number of hydrogen-bond acceptors (Lipinski definition) is 2. The van der Waals surface area contributed by atoms with Crippen molar-refractivity contribution >= 4 is 29.1 Å². The molecule has 0 spiro atoms. The molecule has 0 heterocycles. The summed E-state index contributed by atoms with van der Waals surface area (Å²) in [4.78, 5) is 13.2. The van der Waals surface area contributed by atoms with Crippen molar-refractivity contribution in [3.05, 3.63) is 33.8 Å². The molecule has 2 atom stereocenters. The van der Waals surface area contributed by atoms with E-state index in [1.165, 1.54) is 0 Å². The Morgan fingerprint density at radius 3 is 2.73 bits per heavy atom. The molecule has 22 heavy (non-hydrogen) atoms. The first-order chi connectivity index (χ1) is 10.3. The average molecular weight is 341 g/mol. The smallest absolute Gasteiger partial charge is 0.276 e. The summed E-state index contributed by atoms with van der Waals surface area (Å²) in [7, 11) is 1.92. The fourth-order valence-corrected chi connectivity index (χ4v) is 3.02. The van der Waals surface area contributed by atoms with Crippen molar-refractivity contribution in [2.75, 3.05) is 13.6 Å². The van der Waals surface area contributed by atoms with Crippen molar-refractivity contribution in [1.82, 2.24) is 5.32 Å². The first-order valence-corrected chi connectivity index (χ1v) is 8.07. The molecule has 2 N–H and O–H groups in total. The SMILES string of the molecule is C[NH+](CC(=O)N[C@](C)(C#N)C1CC1)Cc1ccc(Cl)cc1Cl. The standard InChI is InChI=1S/C16H19Cl2N3O/c1-16(10-19,12-4-5-12)20-15(22)9-21(2)8-11-3-6-13(17)7-14(11)18/h3,6-7,12H,4-5,8-9H2,1-2H3,(H,20,22)/p+1/t16-/m1/s1. The monoisotopic (exact) mass is 340 g/mol. The van der Waals surface area contributed by atoms with Crippen LogP contribution in [0.2, 0.25) is 10.0 Å². The van der Waals surface area contributed by atoms with Crippen molar-refractivity contribution in [3.8, 4) is 6.07 Å². The highest BCUT2D eigenvalue weighted by molar-refractivity contribution is 6.35. The van der Waals surface area contributed by atoms with Gasteiger partial charge in [-0.3, -0.25) is 4.79 Å². The Morgan fingerprint density at radius 1 is 1.50 bits per heavy atom. The van der Waals surface area contributed by atoms with Gasteiger partial charge in [0.05, 0.1) is 18.1 Å². The first kappa shape index (κ1) is 17.1. The summed E-state index contributed by atoms with van der Waals surface area (Å²) in [6.07, 6.45) is 2.01. The van der Waals surface area contributed by atoms with Gasteiger partial charge in [0.2, 0.25) is 0 Å². The molecule has 0 saturated heterocycles. The molecule has 1 aromatic rings. The third-order valence-electron chi connectivity index (χ3n) is 3.99. The van der Waals surface area contributed by atoms with Crippen LogP contribution in [-0.2, 0) is 11.3 Å². The molecule has 1 amide bonds. The lowest BCUT2D eigenvalue weighted by Gasteiger charge is -2.23. The fraction of sp³-hybridized carbons (Fsp3) is 0.500. The maximum Gasteiger partial charge on any atom is 0.276 e. The topological polar surface area (TPSA) is 57.3 Å². The van der Waals surface area contributed by atoms with Crippen LogP contribution in [0.15, 0.2) is 18.2 Å². The van der Waals surface area contributed by atoms with Crippen LogP contribution in [0, 0.1) is 17.2 Å². The van der Waals surface area contributed by atoms with Gasteiger partial charge in [0.1, 0.15) is 12.1 Å². The number of carbonyl (C=O) groups is 1. The molecular weight excluding hydrogens is 321 g/mol. The Balaban J connectivity index is 1.90. The van der Waals surface area contributed by atoms with Crippen LogP contribution in [-0.4, -0.2) is 25.0 Å². The van der Waals surface area contributed by atoms with Gasteiger partial charge < -0.3 is 10.2 Å². The molecular formula is C16H20Cl2N3O+. The minimum absolute atomic E-state index is 0.112. The minimum atomic E-state index is -0.741. The van der Waals surface area contributed by atoms with Crippen LogP contribution in [0.25, 0.3) is 0 Å². The van der Waals surface area contributed by atoms with E-state index in [0.717, 1.165) is 23.3 Å². The zero-order valence-electron chi connectivity index (χ0n) is 12.7. The van der Waals surface area contributed by atoms with Gasteiger partial charge in [-0.05, 0) is 37.8 Å². The van der Waals surface area contributed by atoms with Crippen LogP contribution >= 0.6 is 23.2 Å². The molecule has 1 aliphatic carbocycles. The van der Waals surface area contributed by atoms with E-state index in [1.54, 1.807) is 19.1 Å². The van der Waals surface area contributed by atoms with Gasteiger partial charge in [-0.2, -0.15) is 5.26 Å². The van der Waals surface area contributed by atoms with E-state index < -0.39 is 5.54 Å². The van der Waals surface area contributed by atoms with Gasteiger partial charge in [-0.25, -0.2) is 0 Å². The predicted molar refractivity (Wildman–Crippen MR) is 86.8 cm³/mol. The quantitative estimate of drug-likeness (QED) is 0.829. The molecule has 0 bridgehead atoms. The lowest BCUT2D eigenvalue weighted by Crippen LogP contribution is -3.09. The number of nitriles is 1. The highest BCUT2D eigenvalue weighted by Gasteiger charge is 2.43. The van der Waals surface area contributed by atoms with Crippen molar-refractivity contribution in [2.45, 2.75) is 31.8 Å². The molecule has 4 nitrogen and oxygen atoms in total. The number of hydrogen-bond donors (Lipinski definition) is 2. The summed E-state index contributed by atoms with van der Waals surface area (Å²) in [6, 6.07) is 7.59. The third kappa shape index (κ3) is 4.36. The summed E-state index contributed by atoms with van der Waals surface area (Å²) in [5, 5.41) is 13.3. The van der Waals surface area contributed by atoms with E-state index in [4.69, 9.17) is 23.2 Å². The molecule has 1 aromatic carbocycles. The maximum atomic E-state index is 12.2.